The molecule has 6 rings (SSSR count). The molecule has 0 saturated carbocycles. The summed E-state index contributed by atoms with van der Waals surface area (Å²) >= 11 is 11.1. The van der Waals surface area contributed by atoms with E-state index in [1.54, 1.807) is 18.2 Å². The van der Waals surface area contributed by atoms with Gasteiger partial charge in [-0.3, -0.25) is 14.5 Å². The number of ether oxygens (including phenoxy) is 3. The Morgan fingerprint density at radius 1 is 1.05 bits per heavy atom. The van der Waals surface area contributed by atoms with E-state index < -0.39 is 0 Å². The van der Waals surface area contributed by atoms with Crippen LogP contribution in [0.15, 0.2) is 45.8 Å². The zero-order chi connectivity index (χ0) is 27.3. The smallest absolute Gasteiger partial charge is 0.293 e. The molecular formula is C28H25BrClN3O5S. The van der Waals surface area contributed by atoms with E-state index in [0.717, 1.165) is 70.9 Å². The Morgan fingerprint density at radius 2 is 1.79 bits per heavy atom. The van der Waals surface area contributed by atoms with E-state index in [1.165, 1.54) is 4.90 Å². The van der Waals surface area contributed by atoms with E-state index in [9.17, 15) is 9.59 Å². The van der Waals surface area contributed by atoms with Crippen LogP contribution in [0.2, 0.25) is 5.02 Å². The van der Waals surface area contributed by atoms with E-state index in [2.05, 4.69) is 43.6 Å². The Hall–Kier alpha value is -2.92. The standard InChI is InChI=1S/C28H25BrClN3O5S/c1-16-9-18(17(2)33(16)20-3-4-23(21(29)12-20)31-5-7-36-8-6-31)11-26-27(34)32(28(35)39-26)14-19-10-24-25(13-22(19)30)38-15-37-24/h3-4,9-13H,5-8,14-15H2,1-2H3/b26-11-. The van der Waals surface area contributed by atoms with E-state index in [-0.39, 0.29) is 24.5 Å². The zero-order valence-electron chi connectivity index (χ0n) is 21.3. The maximum absolute atomic E-state index is 13.3. The van der Waals surface area contributed by atoms with Gasteiger partial charge in [0.25, 0.3) is 11.1 Å². The summed E-state index contributed by atoms with van der Waals surface area (Å²) in [5, 5.41) is 0.0769. The second-order valence-corrected chi connectivity index (χ2v) is 11.7. The Balaban J connectivity index is 1.25. The minimum atomic E-state index is -0.346. The summed E-state index contributed by atoms with van der Waals surface area (Å²) in [6.07, 6.45) is 1.79. The van der Waals surface area contributed by atoms with Crippen molar-refractivity contribution in [3.8, 4) is 17.2 Å². The number of aromatic nitrogens is 1. The normalized spacial score (nSPS) is 18.1. The summed E-state index contributed by atoms with van der Waals surface area (Å²) in [5.74, 6) is 0.756. The van der Waals surface area contributed by atoms with Gasteiger partial charge in [-0.2, -0.15) is 0 Å². The average molecular weight is 631 g/mol. The van der Waals surface area contributed by atoms with Crippen LogP contribution in [-0.4, -0.2) is 53.7 Å². The molecule has 11 heteroatoms. The van der Waals surface area contributed by atoms with E-state index >= 15 is 0 Å². The fourth-order valence-electron chi connectivity index (χ4n) is 5.05. The largest absolute Gasteiger partial charge is 0.454 e. The third kappa shape index (κ3) is 4.95. The third-order valence-electron chi connectivity index (χ3n) is 7.04. The predicted octanol–water partition coefficient (Wildman–Crippen LogP) is 6.31. The van der Waals surface area contributed by atoms with Gasteiger partial charge in [0.2, 0.25) is 6.79 Å². The van der Waals surface area contributed by atoms with Gasteiger partial charge in [-0.15, -0.1) is 0 Å². The number of benzene rings is 2. The number of hydrogen-bond donors (Lipinski definition) is 0. The van der Waals surface area contributed by atoms with Gasteiger partial charge in [0.1, 0.15) is 0 Å². The molecule has 2 aromatic carbocycles. The SMILES string of the molecule is Cc1cc(/C=C2\SC(=O)N(Cc3cc4c(cc3Cl)OCO4)C2=O)c(C)n1-c1ccc(N2CCOCC2)c(Br)c1. The molecule has 0 unspecified atom stereocenters. The number of imide groups is 1. The molecule has 2 fully saturated rings. The maximum atomic E-state index is 13.3. The number of nitrogens with zero attached hydrogens (tertiary/aromatic N) is 3. The summed E-state index contributed by atoms with van der Waals surface area (Å²) in [4.78, 5) is 30.0. The van der Waals surface area contributed by atoms with Gasteiger partial charge >= 0.3 is 0 Å². The van der Waals surface area contributed by atoms with Crippen molar-refractivity contribution >= 4 is 62.2 Å². The Bertz CT molecular complexity index is 1530. The molecule has 0 bridgehead atoms. The van der Waals surface area contributed by atoms with Crippen molar-refractivity contribution in [3.63, 3.8) is 0 Å². The Morgan fingerprint density at radius 3 is 2.54 bits per heavy atom. The minimum absolute atomic E-state index is 0.0556. The first-order chi connectivity index (χ1) is 18.8. The lowest BCUT2D eigenvalue weighted by molar-refractivity contribution is -0.123. The molecular weight excluding hydrogens is 606 g/mol. The fourth-order valence-corrected chi connectivity index (χ4v) is 6.72. The fraction of sp³-hybridized carbons (Fsp3) is 0.286. The molecule has 0 aliphatic carbocycles. The molecule has 2 amide bonds. The molecule has 2 saturated heterocycles. The van der Waals surface area contributed by atoms with Crippen LogP contribution in [0.3, 0.4) is 0 Å². The van der Waals surface area contributed by atoms with Crippen molar-refractivity contribution in [1.29, 1.82) is 0 Å². The van der Waals surface area contributed by atoms with Crippen LogP contribution in [0.4, 0.5) is 10.5 Å². The minimum Gasteiger partial charge on any atom is -0.454 e. The number of fused-ring (bicyclic) bond motifs is 1. The average Bonchev–Trinajstić information content (AvgIpc) is 3.56. The van der Waals surface area contributed by atoms with Crippen molar-refractivity contribution in [3.05, 3.63) is 73.3 Å². The van der Waals surface area contributed by atoms with Crippen LogP contribution in [0.5, 0.6) is 11.5 Å². The number of carbonyl (C=O) groups is 2. The van der Waals surface area contributed by atoms with Gasteiger partial charge in [-0.1, -0.05) is 11.6 Å². The first-order valence-electron chi connectivity index (χ1n) is 12.4. The molecule has 3 aliphatic rings. The summed E-state index contributed by atoms with van der Waals surface area (Å²) in [6.45, 7) is 7.39. The van der Waals surface area contributed by atoms with E-state index in [4.69, 9.17) is 25.8 Å². The van der Waals surface area contributed by atoms with Crippen molar-refractivity contribution in [1.82, 2.24) is 9.47 Å². The van der Waals surface area contributed by atoms with Gasteiger partial charge in [0.05, 0.1) is 30.4 Å². The van der Waals surface area contributed by atoms with Crippen molar-refractivity contribution in [2.45, 2.75) is 20.4 Å². The van der Waals surface area contributed by atoms with Gasteiger partial charge in [-0.25, -0.2) is 0 Å². The molecule has 39 heavy (non-hydrogen) atoms. The van der Waals surface area contributed by atoms with Crippen LogP contribution in [-0.2, 0) is 16.1 Å². The van der Waals surface area contributed by atoms with Crippen LogP contribution in [0.1, 0.15) is 22.5 Å². The van der Waals surface area contributed by atoms with E-state index in [1.807, 2.05) is 19.9 Å². The number of morpholine rings is 1. The third-order valence-corrected chi connectivity index (χ3v) is 8.94. The lowest BCUT2D eigenvalue weighted by Crippen LogP contribution is -2.36. The van der Waals surface area contributed by atoms with Gasteiger partial charge < -0.3 is 23.7 Å². The van der Waals surface area contributed by atoms with Crippen molar-refractivity contribution < 1.29 is 23.8 Å². The molecule has 8 nitrogen and oxygen atoms in total. The maximum Gasteiger partial charge on any atom is 0.293 e. The highest BCUT2D eigenvalue weighted by Gasteiger charge is 2.36. The number of anilines is 1. The highest BCUT2D eigenvalue weighted by Crippen LogP contribution is 2.40. The lowest BCUT2D eigenvalue weighted by Gasteiger charge is -2.30. The second-order valence-electron chi connectivity index (χ2n) is 9.46. The number of hydrogen-bond acceptors (Lipinski definition) is 7. The second kappa shape index (κ2) is 10.6. The molecule has 0 N–H and O–H groups in total. The molecule has 202 valence electrons. The first-order valence-corrected chi connectivity index (χ1v) is 14.4. The summed E-state index contributed by atoms with van der Waals surface area (Å²) < 4.78 is 19.4. The van der Waals surface area contributed by atoms with Crippen LogP contribution in [0, 0.1) is 13.8 Å². The lowest BCUT2D eigenvalue weighted by atomic mass is 10.2. The number of carbonyl (C=O) groups excluding carboxylic acids is 2. The van der Waals surface area contributed by atoms with Gasteiger partial charge in [-0.05, 0) is 89.1 Å². The van der Waals surface area contributed by atoms with Crippen LogP contribution >= 0.6 is 39.3 Å². The van der Waals surface area contributed by atoms with Crippen molar-refractivity contribution in [2.24, 2.45) is 0 Å². The molecule has 3 aromatic rings. The number of aryl methyl sites for hydroxylation is 1. The van der Waals surface area contributed by atoms with Gasteiger partial charge in [0, 0.05) is 45.7 Å². The predicted molar refractivity (Wildman–Crippen MR) is 155 cm³/mol. The highest BCUT2D eigenvalue weighted by atomic mass is 79.9. The number of rotatable bonds is 5. The number of thioether (sulfide) groups is 1. The Kier molecular flexibility index (Phi) is 7.13. The summed E-state index contributed by atoms with van der Waals surface area (Å²) in [6, 6.07) is 11.7. The number of halogens is 2. The quantitative estimate of drug-likeness (QED) is 0.306. The van der Waals surface area contributed by atoms with E-state index in [0.29, 0.717) is 27.0 Å². The molecule has 0 atom stereocenters. The molecule has 1 aromatic heterocycles. The first kappa shape index (κ1) is 26.3. The van der Waals surface area contributed by atoms with Crippen LogP contribution in [0.25, 0.3) is 11.8 Å². The molecule has 4 heterocycles. The van der Waals surface area contributed by atoms with Crippen LogP contribution < -0.4 is 14.4 Å². The van der Waals surface area contributed by atoms with Gasteiger partial charge in [0.15, 0.2) is 11.5 Å². The topological polar surface area (TPSA) is 73.2 Å². The molecule has 0 spiro atoms. The summed E-state index contributed by atoms with van der Waals surface area (Å²) in [5.41, 5.74) is 5.65. The number of amides is 2. The zero-order valence-corrected chi connectivity index (χ0v) is 24.5. The highest BCUT2D eigenvalue weighted by molar-refractivity contribution is 9.10. The summed E-state index contributed by atoms with van der Waals surface area (Å²) in [7, 11) is 0. The monoisotopic (exact) mass is 629 g/mol. The Labute approximate surface area is 243 Å². The molecule has 3 aliphatic heterocycles. The van der Waals surface area contributed by atoms with Crippen molar-refractivity contribution in [2.75, 3.05) is 38.0 Å². The molecule has 0 radical (unpaired) electrons.